The molecule has 1 fully saturated rings. The third-order valence-electron chi connectivity index (χ3n) is 5.16. The van der Waals surface area contributed by atoms with Crippen molar-refractivity contribution in [3.05, 3.63) is 93.2 Å². The summed E-state index contributed by atoms with van der Waals surface area (Å²) < 4.78 is 25.0. The zero-order chi connectivity index (χ0) is 25.8. The molecule has 36 heavy (non-hydrogen) atoms. The fourth-order valence-corrected chi connectivity index (χ4v) is 4.19. The molecule has 1 saturated heterocycles. The Hall–Kier alpha value is -3.46. The lowest BCUT2D eigenvalue weighted by Crippen LogP contribution is -2.54. The summed E-state index contributed by atoms with van der Waals surface area (Å²) in [7, 11) is 0. The van der Waals surface area contributed by atoms with Gasteiger partial charge in [0, 0.05) is 15.6 Å². The number of carbonyl (C=O) groups excluding carboxylic acids is 2. The molecule has 3 aromatic carbocycles. The van der Waals surface area contributed by atoms with Crippen LogP contribution in [0, 0.1) is 5.82 Å². The van der Waals surface area contributed by atoms with E-state index in [2.05, 4.69) is 5.32 Å². The molecule has 1 N–H and O–H groups in total. The second-order valence-corrected chi connectivity index (χ2v) is 8.83. The molecule has 0 radical (unpaired) electrons. The van der Waals surface area contributed by atoms with Crippen LogP contribution in [0.5, 0.6) is 11.5 Å². The first kappa shape index (κ1) is 25.6. The fourth-order valence-electron chi connectivity index (χ4n) is 3.45. The van der Waals surface area contributed by atoms with Crippen LogP contribution in [0.25, 0.3) is 6.08 Å². The minimum atomic E-state index is -0.640. The van der Waals surface area contributed by atoms with Crippen molar-refractivity contribution in [3.8, 4) is 11.5 Å². The van der Waals surface area contributed by atoms with E-state index in [0.29, 0.717) is 39.4 Å². The number of nitrogens with one attached hydrogen (secondary N) is 1. The molecule has 0 bridgehead atoms. The predicted molar refractivity (Wildman–Crippen MR) is 141 cm³/mol. The SMILES string of the molecule is CCOc1cc(/C=C2/C(=O)NC(=S)N(c3ccc(F)cc3)C2=O)ccc1OCc1ccc(Cl)cc1Cl. The second-order valence-electron chi connectivity index (χ2n) is 7.60. The maximum Gasteiger partial charge on any atom is 0.270 e. The Morgan fingerprint density at radius 2 is 1.75 bits per heavy atom. The Morgan fingerprint density at radius 1 is 1.00 bits per heavy atom. The number of thiocarbonyl (C=S) groups is 1. The van der Waals surface area contributed by atoms with Gasteiger partial charge in [-0.15, -0.1) is 0 Å². The third kappa shape index (κ3) is 5.67. The Balaban J connectivity index is 1.61. The summed E-state index contributed by atoms with van der Waals surface area (Å²) >= 11 is 17.3. The standard InChI is InChI=1S/C26H19Cl2FN2O4S/c1-2-34-23-12-15(3-10-22(23)35-14-16-4-5-17(27)13-21(16)28)11-20-24(32)30-26(36)31(25(20)33)19-8-6-18(29)7-9-19/h3-13H,2,14H2,1H3,(H,30,32,36)/b20-11-. The maximum atomic E-state index is 13.3. The Morgan fingerprint density at radius 3 is 2.44 bits per heavy atom. The minimum absolute atomic E-state index is 0.0895. The molecule has 3 aromatic rings. The summed E-state index contributed by atoms with van der Waals surface area (Å²) in [5.41, 5.74) is 1.46. The predicted octanol–water partition coefficient (Wildman–Crippen LogP) is 5.94. The van der Waals surface area contributed by atoms with Gasteiger partial charge < -0.3 is 9.47 Å². The highest BCUT2D eigenvalue weighted by Crippen LogP contribution is 2.32. The van der Waals surface area contributed by atoms with Gasteiger partial charge in [0.15, 0.2) is 16.6 Å². The number of carbonyl (C=O) groups is 2. The number of nitrogens with zero attached hydrogens (tertiary/aromatic N) is 1. The number of anilines is 1. The average Bonchev–Trinajstić information content (AvgIpc) is 2.83. The van der Waals surface area contributed by atoms with Gasteiger partial charge in [-0.3, -0.25) is 19.8 Å². The van der Waals surface area contributed by atoms with Gasteiger partial charge in [0.25, 0.3) is 11.8 Å². The van der Waals surface area contributed by atoms with E-state index in [1.54, 1.807) is 36.4 Å². The molecule has 0 unspecified atom stereocenters. The van der Waals surface area contributed by atoms with Gasteiger partial charge in [0.2, 0.25) is 0 Å². The average molecular weight is 545 g/mol. The van der Waals surface area contributed by atoms with Crippen molar-refractivity contribution in [3.63, 3.8) is 0 Å². The van der Waals surface area contributed by atoms with Gasteiger partial charge in [0.05, 0.1) is 12.3 Å². The largest absolute Gasteiger partial charge is 0.490 e. The van der Waals surface area contributed by atoms with Crippen molar-refractivity contribution in [1.82, 2.24) is 5.32 Å². The maximum absolute atomic E-state index is 13.3. The Kier molecular flexibility index (Phi) is 7.88. The van der Waals surface area contributed by atoms with Crippen LogP contribution < -0.4 is 19.7 Å². The third-order valence-corrected chi connectivity index (χ3v) is 6.03. The van der Waals surface area contributed by atoms with Crippen molar-refractivity contribution in [1.29, 1.82) is 0 Å². The van der Waals surface area contributed by atoms with Crippen LogP contribution in [0.2, 0.25) is 10.0 Å². The summed E-state index contributed by atoms with van der Waals surface area (Å²) in [5.74, 6) is -0.854. The van der Waals surface area contributed by atoms with E-state index in [0.717, 1.165) is 10.5 Å². The number of rotatable bonds is 7. The van der Waals surface area contributed by atoms with Crippen LogP contribution in [0.3, 0.4) is 0 Å². The lowest BCUT2D eigenvalue weighted by atomic mass is 10.1. The first-order chi connectivity index (χ1) is 17.3. The first-order valence-corrected chi connectivity index (χ1v) is 11.9. The number of amides is 2. The van der Waals surface area contributed by atoms with Crippen molar-refractivity contribution in [2.24, 2.45) is 0 Å². The number of benzene rings is 3. The van der Waals surface area contributed by atoms with Crippen molar-refractivity contribution < 1.29 is 23.5 Å². The van der Waals surface area contributed by atoms with Crippen LogP contribution >= 0.6 is 35.4 Å². The highest BCUT2D eigenvalue weighted by atomic mass is 35.5. The molecule has 184 valence electrons. The van der Waals surface area contributed by atoms with E-state index in [4.69, 9.17) is 44.9 Å². The normalized spacial score (nSPS) is 14.7. The van der Waals surface area contributed by atoms with E-state index in [9.17, 15) is 14.0 Å². The molecule has 4 rings (SSSR count). The topological polar surface area (TPSA) is 67.9 Å². The number of halogens is 3. The van der Waals surface area contributed by atoms with Gasteiger partial charge in [-0.25, -0.2) is 4.39 Å². The number of hydrogen-bond donors (Lipinski definition) is 1. The first-order valence-electron chi connectivity index (χ1n) is 10.8. The Labute approximate surface area is 222 Å². The number of ether oxygens (including phenoxy) is 2. The highest BCUT2D eigenvalue weighted by molar-refractivity contribution is 7.80. The molecule has 1 heterocycles. The van der Waals surface area contributed by atoms with Gasteiger partial charge in [0.1, 0.15) is 18.0 Å². The molecule has 10 heteroatoms. The molecular formula is C26H19Cl2FN2O4S. The zero-order valence-corrected chi connectivity index (χ0v) is 21.2. The van der Waals surface area contributed by atoms with Crippen molar-refractivity contribution in [2.75, 3.05) is 11.5 Å². The van der Waals surface area contributed by atoms with Crippen LogP contribution in [-0.4, -0.2) is 23.5 Å². The summed E-state index contributed by atoms with van der Waals surface area (Å²) in [6, 6.07) is 15.4. The van der Waals surface area contributed by atoms with Gasteiger partial charge in [-0.05, 0) is 79.3 Å². The van der Waals surface area contributed by atoms with Crippen molar-refractivity contribution >= 4 is 64.1 Å². The van der Waals surface area contributed by atoms with Crippen LogP contribution in [0.4, 0.5) is 10.1 Å². The molecule has 1 aliphatic heterocycles. The summed E-state index contributed by atoms with van der Waals surface area (Å²) in [4.78, 5) is 26.9. The van der Waals surface area contributed by atoms with E-state index in [-0.39, 0.29) is 17.3 Å². The van der Waals surface area contributed by atoms with Gasteiger partial charge >= 0.3 is 0 Å². The lowest BCUT2D eigenvalue weighted by molar-refractivity contribution is -0.122. The molecule has 0 spiro atoms. The highest BCUT2D eigenvalue weighted by Gasteiger charge is 2.34. The lowest BCUT2D eigenvalue weighted by Gasteiger charge is -2.28. The van der Waals surface area contributed by atoms with Crippen LogP contribution in [0.15, 0.2) is 66.2 Å². The molecule has 2 amide bonds. The zero-order valence-electron chi connectivity index (χ0n) is 18.9. The van der Waals surface area contributed by atoms with Crippen LogP contribution in [0.1, 0.15) is 18.1 Å². The monoisotopic (exact) mass is 544 g/mol. The molecule has 6 nitrogen and oxygen atoms in total. The van der Waals surface area contributed by atoms with E-state index < -0.39 is 17.6 Å². The molecule has 0 aromatic heterocycles. The smallest absolute Gasteiger partial charge is 0.270 e. The molecular weight excluding hydrogens is 526 g/mol. The molecule has 0 saturated carbocycles. The van der Waals surface area contributed by atoms with E-state index in [1.165, 1.54) is 30.3 Å². The van der Waals surface area contributed by atoms with Crippen LogP contribution in [-0.2, 0) is 16.2 Å². The van der Waals surface area contributed by atoms with E-state index in [1.807, 2.05) is 6.92 Å². The van der Waals surface area contributed by atoms with E-state index >= 15 is 0 Å². The second kappa shape index (κ2) is 11.1. The minimum Gasteiger partial charge on any atom is -0.490 e. The van der Waals surface area contributed by atoms with Crippen molar-refractivity contribution in [2.45, 2.75) is 13.5 Å². The summed E-state index contributed by atoms with van der Waals surface area (Å²) in [6.45, 7) is 2.37. The molecule has 0 atom stereocenters. The molecule has 0 aliphatic carbocycles. The van der Waals surface area contributed by atoms with Gasteiger partial charge in [-0.2, -0.15) is 0 Å². The quantitative estimate of drug-likeness (QED) is 0.226. The molecule has 1 aliphatic rings. The fraction of sp³-hybridized carbons (Fsp3) is 0.115. The van der Waals surface area contributed by atoms with Gasteiger partial charge in [-0.1, -0.05) is 35.3 Å². The Bertz CT molecular complexity index is 1380. The summed E-state index contributed by atoms with van der Waals surface area (Å²) in [6.07, 6.45) is 1.43. The number of hydrogen-bond acceptors (Lipinski definition) is 5. The summed E-state index contributed by atoms with van der Waals surface area (Å²) in [5, 5.41) is 3.41.